The van der Waals surface area contributed by atoms with Crippen LogP contribution in [0.1, 0.15) is 32.6 Å². The Morgan fingerprint density at radius 2 is 2.00 bits per heavy atom. The van der Waals surface area contributed by atoms with E-state index in [0.29, 0.717) is 5.02 Å². The van der Waals surface area contributed by atoms with Crippen molar-refractivity contribution in [3.63, 3.8) is 0 Å². The molecule has 0 aliphatic heterocycles. The van der Waals surface area contributed by atoms with E-state index < -0.39 is 0 Å². The maximum absolute atomic E-state index is 6.18. The Morgan fingerprint density at radius 3 is 2.50 bits per heavy atom. The van der Waals surface area contributed by atoms with Gasteiger partial charge in [0, 0.05) is 12.5 Å². The molecule has 2 rings (SSSR count). The molecule has 0 saturated carbocycles. The van der Waals surface area contributed by atoms with E-state index >= 15 is 0 Å². The molecule has 2 atom stereocenters. The van der Waals surface area contributed by atoms with Gasteiger partial charge in [0.05, 0.1) is 17.2 Å². The molecule has 0 radical (unpaired) electrons. The average molecular weight is 296 g/mol. The molecule has 0 aliphatic carbocycles. The molecule has 20 heavy (non-hydrogen) atoms. The number of halogens is 1. The molecule has 0 aliphatic rings. The number of hydrogen-bond donors (Lipinski definition) is 1. The summed E-state index contributed by atoms with van der Waals surface area (Å²) in [6, 6.07) is 7.77. The number of nitrogens with one attached hydrogen (secondary N) is 1. The van der Waals surface area contributed by atoms with Crippen molar-refractivity contribution in [1.29, 1.82) is 0 Å². The fourth-order valence-corrected chi connectivity index (χ4v) is 2.85. The molecule has 0 bridgehead atoms. The minimum atomic E-state index is -0.0246. The molecule has 110 valence electrons. The lowest BCUT2D eigenvalue weighted by Crippen LogP contribution is -2.40. The van der Waals surface area contributed by atoms with Gasteiger partial charge in [-0.05, 0) is 24.6 Å². The zero-order chi connectivity index (χ0) is 14.9. The third-order valence-electron chi connectivity index (χ3n) is 3.54. The van der Waals surface area contributed by atoms with Gasteiger partial charge in [-0.3, -0.25) is 0 Å². The van der Waals surface area contributed by atoms with Gasteiger partial charge in [-0.15, -0.1) is 0 Å². The second kappa shape index (κ2) is 5.76. The van der Waals surface area contributed by atoms with Crippen molar-refractivity contribution in [2.75, 3.05) is 14.2 Å². The topological polar surface area (TPSA) is 34.4 Å². The van der Waals surface area contributed by atoms with Crippen molar-refractivity contribution in [1.82, 2.24) is 5.32 Å². The normalized spacial score (nSPS) is 15.5. The first-order valence-electron chi connectivity index (χ1n) is 6.76. The molecule has 0 spiro atoms. The fourth-order valence-electron chi connectivity index (χ4n) is 2.63. The van der Waals surface area contributed by atoms with Crippen LogP contribution in [-0.2, 0) is 4.74 Å². The molecule has 1 N–H and O–H groups in total. The Labute approximate surface area is 125 Å². The summed E-state index contributed by atoms with van der Waals surface area (Å²) >= 11 is 6.18. The minimum absolute atomic E-state index is 0.00756. The summed E-state index contributed by atoms with van der Waals surface area (Å²) < 4.78 is 11.6. The monoisotopic (exact) mass is 295 g/mol. The average Bonchev–Trinajstić information content (AvgIpc) is 2.79. The molecule has 1 aromatic heterocycles. The molecule has 3 nitrogen and oxygen atoms in total. The van der Waals surface area contributed by atoms with Gasteiger partial charge >= 0.3 is 0 Å². The summed E-state index contributed by atoms with van der Waals surface area (Å²) in [6.45, 7) is 6.46. The Balaban J connectivity index is 2.46. The van der Waals surface area contributed by atoms with Gasteiger partial charge in [0.2, 0.25) is 0 Å². The van der Waals surface area contributed by atoms with E-state index in [1.54, 1.807) is 7.11 Å². The number of furan rings is 1. The smallest absolute Gasteiger partial charge is 0.152 e. The zero-order valence-corrected chi connectivity index (χ0v) is 13.4. The largest absolute Gasteiger partial charge is 0.458 e. The molecule has 2 aromatic rings. The molecule has 1 aromatic carbocycles. The highest BCUT2D eigenvalue weighted by atomic mass is 35.5. The Bertz CT molecular complexity index is 586. The summed E-state index contributed by atoms with van der Waals surface area (Å²) in [5.74, 6) is 0.845. The zero-order valence-electron chi connectivity index (χ0n) is 12.7. The molecule has 2 unspecified atom stereocenters. The van der Waals surface area contributed by atoms with E-state index in [4.69, 9.17) is 20.8 Å². The van der Waals surface area contributed by atoms with Gasteiger partial charge in [-0.25, -0.2) is 0 Å². The van der Waals surface area contributed by atoms with E-state index in [1.165, 1.54) is 0 Å². The van der Waals surface area contributed by atoms with Gasteiger partial charge in [0.1, 0.15) is 5.76 Å². The molecule has 0 amide bonds. The highest BCUT2D eigenvalue weighted by molar-refractivity contribution is 6.34. The summed E-state index contributed by atoms with van der Waals surface area (Å²) in [6.07, 6.45) is -0.00756. The summed E-state index contributed by atoms with van der Waals surface area (Å²) in [4.78, 5) is 0. The second-order valence-corrected chi connectivity index (χ2v) is 6.50. The third-order valence-corrected chi connectivity index (χ3v) is 3.84. The minimum Gasteiger partial charge on any atom is -0.458 e. The van der Waals surface area contributed by atoms with Crippen LogP contribution < -0.4 is 5.32 Å². The van der Waals surface area contributed by atoms with Crippen molar-refractivity contribution in [2.45, 2.75) is 32.9 Å². The van der Waals surface area contributed by atoms with Crippen molar-refractivity contribution in [2.24, 2.45) is 5.41 Å². The van der Waals surface area contributed by atoms with Crippen LogP contribution in [0.5, 0.6) is 0 Å². The van der Waals surface area contributed by atoms with E-state index in [2.05, 4.69) is 26.1 Å². The van der Waals surface area contributed by atoms with Crippen LogP contribution in [0.25, 0.3) is 11.0 Å². The lowest BCUT2D eigenvalue weighted by molar-refractivity contribution is -0.0148. The standard InChI is InChI=1S/C16H22ClNO2/c1-16(2,3)15(19-5)13(18-4)12-9-10-7-6-8-11(17)14(10)20-12/h6-9,13,15,18H,1-5H3. The van der Waals surface area contributed by atoms with Gasteiger partial charge in [0.15, 0.2) is 5.58 Å². The Hall–Kier alpha value is -1.03. The van der Waals surface area contributed by atoms with Crippen LogP contribution in [0.2, 0.25) is 5.02 Å². The number of methoxy groups -OCH3 is 1. The first-order valence-corrected chi connectivity index (χ1v) is 7.14. The summed E-state index contributed by atoms with van der Waals surface area (Å²) in [7, 11) is 3.65. The quantitative estimate of drug-likeness (QED) is 0.907. The third kappa shape index (κ3) is 2.85. The van der Waals surface area contributed by atoms with Gasteiger partial charge in [0.25, 0.3) is 0 Å². The number of fused-ring (bicyclic) bond motifs is 1. The highest BCUT2D eigenvalue weighted by Crippen LogP contribution is 2.36. The number of para-hydroxylation sites is 1. The van der Waals surface area contributed by atoms with Crippen LogP contribution >= 0.6 is 11.6 Å². The lowest BCUT2D eigenvalue weighted by Gasteiger charge is -2.34. The van der Waals surface area contributed by atoms with E-state index in [0.717, 1.165) is 16.7 Å². The van der Waals surface area contributed by atoms with Gasteiger partial charge < -0.3 is 14.5 Å². The molecule has 1 heterocycles. The molecular weight excluding hydrogens is 274 g/mol. The fraction of sp³-hybridized carbons (Fsp3) is 0.500. The maximum atomic E-state index is 6.18. The molecular formula is C16H22ClNO2. The maximum Gasteiger partial charge on any atom is 0.152 e. The van der Waals surface area contributed by atoms with Crippen LogP contribution in [0.4, 0.5) is 0 Å². The number of benzene rings is 1. The van der Waals surface area contributed by atoms with Crippen LogP contribution in [0, 0.1) is 5.41 Å². The van der Waals surface area contributed by atoms with E-state index in [-0.39, 0.29) is 17.6 Å². The number of ether oxygens (including phenoxy) is 1. The SMILES string of the molecule is CNC(c1cc2cccc(Cl)c2o1)C(OC)C(C)(C)C. The van der Waals surface area contributed by atoms with Crippen molar-refractivity contribution >= 4 is 22.6 Å². The van der Waals surface area contributed by atoms with E-state index in [9.17, 15) is 0 Å². The van der Waals surface area contributed by atoms with Gasteiger partial charge in [-0.2, -0.15) is 0 Å². The lowest BCUT2D eigenvalue weighted by atomic mass is 9.83. The van der Waals surface area contributed by atoms with Gasteiger partial charge in [-0.1, -0.05) is 44.5 Å². The molecule has 4 heteroatoms. The van der Waals surface area contributed by atoms with Crippen LogP contribution in [-0.4, -0.2) is 20.3 Å². The molecule has 0 fully saturated rings. The van der Waals surface area contributed by atoms with Crippen LogP contribution in [0.15, 0.2) is 28.7 Å². The predicted molar refractivity (Wildman–Crippen MR) is 83.3 cm³/mol. The Kier molecular flexibility index (Phi) is 4.43. The summed E-state index contributed by atoms with van der Waals surface area (Å²) in [5, 5.41) is 4.94. The molecule has 0 saturated heterocycles. The van der Waals surface area contributed by atoms with Crippen molar-refractivity contribution in [3.05, 3.63) is 35.0 Å². The van der Waals surface area contributed by atoms with E-state index in [1.807, 2.05) is 31.3 Å². The predicted octanol–water partition coefficient (Wildman–Crippen LogP) is 4.41. The summed E-state index contributed by atoms with van der Waals surface area (Å²) in [5.41, 5.74) is 0.721. The van der Waals surface area contributed by atoms with Crippen molar-refractivity contribution in [3.8, 4) is 0 Å². The Morgan fingerprint density at radius 1 is 1.30 bits per heavy atom. The number of rotatable bonds is 4. The number of likely N-dealkylation sites (N-methyl/N-ethyl adjacent to an activating group) is 1. The highest BCUT2D eigenvalue weighted by Gasteiger charge is 2.34. The van der Waals surface area contributed by atoms with Crippen molar-refractivity contribution < 1.29 is 9.15 Å². The first kappa shape index (κ1) is 15.4. The first-order chi connectivity index (χ1) is 9.38. The number of hydrogen-bond acceptors (Lipinski definition) is 3. The second-order valence-electron chi connectivity index (χ2n) is 6.10. The van der Waals surface area contributed by atoms with Crippen LogP contribution in [0.3, 0.4) is 0 Å².